The van der Waals surface area contributed by atoms with Crippen LogP contribution in [0.3, 0.4) is 0 Å². The fourth-order valence-corrected chi connectivity index (χ4v) is 3.16. The number of nitriles is 1. The van der Waals surface area contributed by atoms with Gasteiger partial charge in [-0.05, 0) is 18.2 Å². The summed E-state index contributed by atoms with van der Waals surface area (Å²) in [5, 5.41) is 9.60. The maximum absolute atomic E-state index is 12.7. The van der Waals surface area contributed by atoms with Crippen LogP contribution in [0.15, 0.2) is 48.7 Å². The number of aryl methyl sites for hydroxylation is 1. The number of rotatable bonds is 8. The summed E-state index contributed by atoms with van der Waals surface area (Å²) in [5.74, 6) is -0.358. The van der Waals surface area contributed by atoms with Crippen LogP contribution < -0.4 is 9.47 Å². The third-order valence-corrected chi connectivity index (χ3v) is 4.51. The van der Waals surface area contributed by atoms with Crippen molar-refractivity contribution in [3.8, 4) is 17.6 Å². The molecule has 0 aliphatic carbocycles. The normalized spacial score (nSPS) is 10.4. The van der Waals surface area contributed by atoms with Crippen LogP contribution >= 0.6 is 0 Å². The van der Waals surface area contributed by atoms with Crippen molar-refractivity contribution in [3.63, 3.8) is 0 Å². The van der Waals surface area contributed by atoms with Crippen molar-refractivity contribution < 1.29 is 23.8 Å². The molecule has 0 aliphatic heterocycles. The molecule has 1 aromatic heterocycles. The van der Waals surface area contributed by atoms with E-state index in [2.05, 4.69) is 6.07 Å². The number of hydrogen-bond donors (Lipinski definition) is 0. The van der Waals surface area contributed by atoms with Gasteiger partial charge in [-0.3, -0.25) is 4.79 Å². The van der Waals surface area contributed by atoms with Gasteiger partial charge in [-0.1, -0.05) is 24.3 Å². The molecule has 7 nitrogen and oxygen atoms in total. The Bertz CT molecular complexity index is 1090. The van der Waals surface area contributed by atoms with Crippen molar-refractivity contribution in [2.45, 2.75) is 13.0 Å². The highest BCUT2D eigenvalue weighted by molar-refractivity contribution is 6.09. The van der Waals surface area contributed by atoms with E-state index in [9.17, 15) is 9.59 Å². The summed E-state index contributed by atoms with van der Waals surface area (Å²) in [4.78, 5) is 25.2. The first kappa shape index (κ1) is 20.0. The highest BCUT2D eigenvalue weighted by Gasteiger charge is 2.21. The number of para-hydroxylation sites is 2. The van der Waals surface area contributed by atoms with Gasteiger partial charge in [-0.2, -0.15) is 5.26 Å². The first-order valence-corrected chi connectivity index (χ1v) is 8.96. The molecule has 0 spiro atoms. The van der Waals surface area contributed by atoms with Crippen LogP contribution in [0, 0.1) is 11.3 Å². The molecule has 3 aromatic rings. The largest absolute Gasteiger partial charge is 0.493 e. The van der Waals surface area contributed by atoms with E-state index in [4.69, 9.17) is 19.5 Å². The Hall–Kier alpha value is -3.79. The molecule has 148 valence electrons. The molecular weight excluding hydrogens is 372 g/mol. The number of fused-ring (bicyclic) bond motifs is 1. The van der Waals surface area contributed by atoms with E-state index in [1.54, 1.807) is 24.4 Å². The SMILES string of the molecule is COc1cccc(C(=O)OCC(=O)c2cn(CCC#N)c3ccccc23)c1OC. The molecule has 29 heavy (non-hydrogen) atoms. The number of nitrogens with zero attached hydrogens (tertiary/aromatic N) is 2. The monoisotopic (exact) mass is 392 g/mol. The fourth-order valence-electron chi connectivity index (χ4n) is 3.16. The van der Waals surface area contributed by atoms with Crippen LogP contribution in [-0.4, -0.2) is 37.1 Å². The number of hydrogen-bond acceptors (Lipinski definition) is 6. The lowest BCUT2D eigenvalue weighted by molar-refractivity contribution is 0.0471. The van der Waals surface area contributed by atoms with Gasteiger partial charge < -0.3 is 18.8 Å². The molecule has 0 N–H and O–H groups in total. The highest BCUT2D eigenvalue weighted by Crippen LogP contribution is 2.31. The molecule has 0 unspecified atom stereocenters. The second-order valence-corrected chi connectivity index (χ2v) is 6.20. The summed E-state index contributed by atoms with van der Waals surface area (Å²) in [6.07, 6.45) is 2.03. The summed E-state index contributed by atoms with van der Waals surface area (Å²) in [7, 11) is 2.90. The van der Waals surface area contributed by atoms with E-state index in [0.717, 1.165) is 10.9 Å². The third-order valence-electron chi connectivity index (χ3n) is 4.51. The minimum atomic E-state index is -0.678. The average Bonchev–Trinajstić information content (AvgIpc) is 3.13. The van der Waals surface area contributed by atoms with Gasteiger partial charge in [0.1, 0.15) is 5.56 Å². The van der Waals surface area contributed by atoms with E-state index in [1.807, 2.05) is 28.8 Å². The van der Waals surface area contributed by atoms with Gasteiger partial charge in [0, 0.05) is 29.2 Å². The molecule has 0 amide bonds. The van der Waals surface area contributed by atoms with Crippen molar-refractivity contribution in [3.05, 3.63) is 59.8 Å². The molecule has 3 rings (SSSR count). The van der Waals surface area contributed by atoms with E-state index in [1.165, 1.54) is 14.2 Å². The zero-order valence-electron chi connectivity index (χ0n) is 16.2. The molecular formula is C22H20N2O5. The van der Waals surface area contributed by atoms with E-state index >= 15 is 0 Å². The number of ketones is 1. The molecule has 0 bridgehead atoms. The molecule has 0 fully saturated rings. The minimum Gasteiger partial charge on any atom is -0.493 e. The zero-order valence-corrected chi connectivity index (χ0v) is 16.2. The van der Waals surface area contributed by atoms with Gasteiger partial charge in [0.25, 0.3) is 0 Å². The van der Waals surface area contributed by atoms with Gasteiger partial charge in [0.05, 0.1) is 26.7 Å². The van der Waals surface area contributed by atoms with Crippen molar-refractivity contribution in [1.82, 2.24) is 4.57 Å². The van der Waals surface area contributed by atoms with Gasteiger partial charge >= 0.3 is 5.97 Å². The molecule has 7 heteroatoms. The van der Waals surface area contributed by atoms with Gasteiger partial charge in [0.2, 0.25) is 5.78 Å². The number of carbonyl (C=O) groups is 2. The third kappa shape index (κ3) is 4.06. The number of aromatic nitrogens is 1. The summed E-state index contributed by atoms with van der Waals surface area (Å²) in [5.41, 5.74) is 1.48. The number of esters is 1. The Morgan fingerprint density at radius 3 is 2.55 bits per heavy atom. The summed E-state index contributed by atoms with van der Waals surface area (Å²) in [6.45, 7) is 0.0660. The highest BCUT2D eigenvalue weighted by atomic mass is 16.5. The van der Waals surface area contributed by atoms with Gasteiger partial charge in [-0.15, -0.1) is 0 Å². The molecule has 2 aromatic carbocycles. The van der Waals surface area contributed by atoms with Crippen LogP contribution in [0.4, 0.5) is 0 Å². The van der Waals surface area contributed by atoms with E-state index in [0.29, 0.717) is 24.3 Å². The molecule has 0 saturated heterocycles. The smallest absolute Gasteiger partial charge is 0.342 e. The Morgan fingerprint density at radius 1 is 1.03 bits per heavy atom. The van der Waals surface area contributed by atoms with Crippen molar-refractivity contribution in [2.24, 2.45) is 0 Å². The summed E-state index contributed by atoms with van der Waals surface area (Å²) in [6, 6.07) is 14.4. The molecule has 0 aliphatic rings. The maximum atomic E-state index is 12.7. The maximum Gasteiger partial charge on any atom is 0.342 e. The lowest BCUT2D eigenvalue weighted by Gasteiger charge is -2.11. The zero-order chi connectivity index (χ0) is 20.8. The van der Waals surface area contributed by atoms with Gasteiger partial charge in [0.15, 0.2) is 18.1 Å². The fraction of sp³-hybridized carbons (Fsp3) is 0.227. The van der Waals surface area contributed by atoms with Crippen LogP contribution in [0.25, 0.3) is 10.9 Å². The minimum absolute atomic E-state index is 0.177. The number of Topliss-reactive ketones (excluding diaryl/α,β-unsaturated/α-hetero) is 1. The van der Waals surface area contributed by atoms with Crippen LogP contribution in [-0.2, 0) is 11.3 Å². The number of methoxy groups -OCH3 is 2. The standard InChI is InChI=1S/C22H20N2O5/c1-27-20-10-5-8-16(21(20)28-2)22(26)29-14-19(25)17-13-24(12-6-11-23)18-9-4-3-7-15(17)18/h3-5,7-10,13H,6,12,14H2,1-2H3. The molecule has 0 radical (unpaired) electrons. The first-order chi connectivity index (χ1) is 14.1. The second kappa shape index (κ2) is 8.93. The Kier molecular flexibility index (Phi) is 6.15. The van der Waals surface area contributed by atoms with Gasteiger partial charge in [-0.25, -0.2) is 4.79 Å². The number of carbonyl (C=O) groups excluding carboxylic acids is 2. The first-order valence-electron chi connectivity index (χ1n) is 8.96. The Labute approximate surface area is 168 Å². The van der Waals surface area contributed by atoms with E-state index in [-0.39, 0.29) is 17.1 Å². The Balaban J connectivity index is 1.80. The average molecular weight is 392 g/mol. The molecule has 1 heterocycles. The van der Waals surface area contributed by atoms with Crippen molar-refractivity contribution >= 4 is 22.7 Å². The van der Waals surface area contributed by atoms with Crippen LogP contribution in [0.1, 0.15) is 27.1 Å². The lowest BCUT2D eigenvalue weighted by Crippen LogP contribution is -2.15. The number of ether oxygens (including phenoxy) is 3. The van der Waals surface area contributed by atoms with Crippen molar-refractivity contribution in [2.75, 3.05) is 20.8 Å². The topological polar surface area (TPSA) is 90.5 Å². The lowest BCUT2D eigenvalue weighted by atomic mass is 10.1. The number of benzene rings is 2. The predicted octanol–water partition coefficient (Wildman–Crippen LogP) is 3.61. The van der Waals surface area contributed by atoms with Crippen LogP contribution in [0.2, 0.25) is 0 Å². The molecule has 0 saturated carbocycles. The Morgan fingerprint density at radius 2 is 1.83 bits per heavy atom. The summed E-state index contributed by atoms with van der Waals surface area (Å²) < 4.78 is 17.5. The van der Waals surface area contributed by atoms with E-state index < -0.39 is 12.6 Å². The summed E-state index contributed by atoms with van der Waals surface area (Å²) >= 11 is 0. The van der Waals surface area contributed by atoms with Crippen molar-refractivity contribution in [1.29, 1.82) is 5.26 Å². The van der Waals surface area contributed by atoms with Crippen LogP contribution in [0.5, 0.6) is 11.5 Å². The second-order valence-electron chi connectivity index (χ2n) is 6.20. The molecule has 0 atom stereocenters. The predicted molar refractivity (Wildman–Crippen MR) is 106 cm³/mol. The quantitative estimate of drug-likeness (QED) is 0.430.